The van der Waals surface area contributed by atoms with E-state index in [1.807, 2.05) is 54.8 Å². The molecule has 0 spiro atoms. The lowest BCUT2D eigenvalue weighted by molar-refractivity contribution is 0.102. The highest BCUT2D eigenvalue weighted by atomic mass is 32.2. The van der Waals surface area contributed by atoms with Gasteiger partial charge in [0.15, 0.2) is 5.13 Å². The van der Waals surface area contributed by atoms with Gasteiger partial charge in [-0.1, -0.05) is 36.4 Å². The first-order chi connectivity index (χ1) is 11.2. The molecule has 23 heavy (non-hydrogen) atoms. The van der Waals surface area contributed by atoms with Crippen LogP contribution in [0.5, 0.6) is 0 Å². The van der Waals surface area contributed by atoms with Crippen LogP contribution in [0.1, 0.15) is 21.6 Å². The van der Waals surface area contributed by atoms with Crippen molar-refractivity contribution in [3.8, 4) is 0 Å². The molecule has 0 saturated carbocycles. The molecule has 1 amide bonds. The second-order valence-corrected chi connectivity index (χ2v) is 6.92. The summed E-state index contributed by atoms with van der Waals surface area (Å²) in [7, 11) is 0. The lowest BCUT2D eigenvalue weighted by Gasteiger charge is -2.04. The van der Waals surface area contributed by atoms with Crippen LogP contribution in [0, 0.1) is 6.92 Å². The van der Waals surface area contributed by atoms with Gasteiger partial charge in [0.25, 0.3) is 5.91 Å². The molecule has 3 rings (SSSR count). The Kier molecular flexibility index (Phi) is 5.10. The number of aromatic nitrogens is 1. The minimum Gasteiger partial charge on any atom is -0.298 e. The van der Waals surface area contributed by atoms with Gasteiger partial charge >= 0.3 is 0 Å². The molecule has 0 unspecified atom stereocenters. The predicted octanol–water partition coefficient (Wildman–Crippen LogP) is 5.00. The van der Waals surface area contributed by atoms with E-state index in [0.29, 0.717) is 10.7 Å². The minimum absolute atomic E-state index is 0.111. The maximum atomic E-state index is 12.3. The van der Waals surface area contributed by atoms with Gasteiger partial charge in [-0.2, -0.15) is 0 Å². The highest BCUT2D eigenvalue weighted by Gasteiger charge is 2.11. The predicted molar refractivity (Wildman–Crippen MR) is 97.2 cm³/mol. The van der Waals surface area contributed by atoms with E-state index in [2.05, 4.69) is 22.4 Å². The van der Waals surface area contributed by atoms with Gasteiger partial charge in [-0.15, -0.1) is 23.1 Å². The number of rotatable bonds is 5. The number of aryl methyl sites for hydroxylation is 1. The number of amides is 1. The third-order valence-corrected chi connectivity index (χ3v) is 5.14. The second-order valence-electron chi connectivity index (χ2n) is 5.01. The van der Waals surface area contributed by atoms with Crippen LogP contribution in [0.25, 0.3) is 0 Å². The molecule has 0 bridgehead atoms. The van der Waals surface area contributed by atoms with Crippen molar-refractivity contribution in [2.75, 3.05) is 5.32 Å². The number of benzene rings is 2. The maximum Gasteiger partial charge on any atom is 0.257 e. The quantitative estimate of drug-likeness (QED) is 0.665. The molecule has 116 valence electrons. The third-order valence-electron chi connectivity index (χ3n) is 3.29. The Labute approximate surface area is 143 Å². The molecule has 3 nitrogen and oxygen atoms in total. The zero-order valence-electron chi connectivity index (χ0n) is 12.7. The Morgan fingerprint density at radius 2 is 1.87 bits per heavy atom. The number of carbonyl (C=O) groups is 1. The Hall–Kier alpha value is -2.11. The van der Waals surface area contributed by atoms with E-state index in [1.54, 1.807) is 11.8 Å². The highest BCUT2D eigenvalue weighted by molar-refractivity contribution is 7.98. The van der Waals surface area contributed by atoms with Crippen LogP contribution >= 0.6 is 23.1 Å². The zero-order chi connectivity index (χ0) is 16.1. The zero-order valence-corrected chi connectivity index (χ0v) is 14.3. The first-order valence-electron chi connectivity index (χ1n) is 7.21. The van der Waals surface area contributed by atoms with E-state index in [4.69, 9.17) is 0 Å². The van der Waals surface area contributed by atoms with Gasteiger partial charge in [0, 0.05) is 21.6 Å². The number of nitrogens with zero attached hydrogens (tertiary/aromatic N) is 1. The van der Waals surface area contributed by atoms with Crippen molar-refractivity contribution in [3.63, 3.8) is 0 Å². The summed E-state index contributed by atoms with van der Waals surface area (Å²) in [6.07, 6.45) is 0. The van der Waals surface area contributed by atoms with Crippen LogP contribution in [-0.2, 0) is 5.75 Å². The number of thioether (sulfide) groups is 1. The van der Waals surface area contributed by atoms with E-state index in [-0.39, 0.29) is 5.91 Å². The fraction of sp³-hybridized carbons (Fsp3) is 0.111. The Balaban J connectivity index is 1.61. The van der Waals surface area contributed by atoms with Gasteiger partial charge in [-0.05, 0) is 30.7 Å². The monoisotopic (exact) mass is 340 g/mol. The van der Waals surface area contributed by atoms with Crippen LogP contribution in [0.3, 0.4) is 0 Å². The van der Waals surface area contributed by atoms with Crippen molar-refractivity contribution in [1.29, 1.82) is 0 Å². The molecule has 1 aromatic heterocycles. The first-order valence-corrected chi connectivity index (χ1v) is 9.08. The van der Waals surface area contributed by atoms with Crippen molar-refractivity contribution in [2.24, 2.45) is 0 Å². The lowest BCUT2D eigenvalue weighted by atomic mass is 10.1. The average molecular weight is 340 g/mol. The van der Waals surface area contributed by atoms with Gasteiger partial charge in [-0.25, -0.2) is 4.98 Å². The van der Waals surface area contributed by atoms with E-state index < -0.39 is 0 Å². The standard InChI is InChI=1S/C18H16N2OS2/c1-13-7-5-6-10-16(13)17(21)20-18-19-14(12-23-18)11-22-15-8-3-2-4-9-15/h2-10,12H,11H2,1H3,(H,19,20,21). The molecule has 0 radical (unpaired) electrons. The Bertz CT molecular complexity index is 800. The molecule has 0 aliphatic heterocycles. The molecule has 0 saturated heterocycles. The fourth-order valence-electron chi connectivity index (χ4n) is 2.10. The summed E-state index contributed by atoms with van der Waals surface area (Å²) in [5.41, 5.74) is 2.62. The molecular weight excluding hydrogens is 324 g/mol. The number of hydrogen-bond donors (Lipinski definition) is 1. The smallest absolute Gasteiger partial charge is 0.257 e. The molecule has 5 heteroatoms. The van der Waals surface area contributed by atoms with Gasteiger partial charge in [0.05, 0.1) is 5.69 Å². The largest absolute Gasteiger partial charge is 0.298 e. The van der Waals surface area contributed by atoms with E-state index in [1.165, 1.54) is 16.2 Å². The summed E-state index contributed by atoms with van der Waals surface area (Å²) in [5, 5.41) is 5.51. The van der Waals surface area contributed by atoms with Crippen molar-refractivity contribution in [1.82, 2.24) is 4.98 Å². The molecule has 0 atom stereocenters. The Morgan fingerprint density at radius 3 is 2.65 bits per heavy atom. The third kappa shape index (κ3) is 4.21. The molecule has 0 aliphatic rings. The molecule has 2 aromatic carbocycles. The summed E-state index contributed by atoms with van der Waals surface area (Å²) < 4.78 is 0. The number of anilines is 1. The highest BCUT2D eigenvalue weighted by Crippen LogP contribution is 2.25. The average Bonchev–Trinajstić information content (AvgIpc) is 3.02. The molecule has 0 fully saturated rings. The fourth-order valence-corrected chi connectivity index (χ4v) is 3.72. The van der Waals surface area contributed by atoms with Crippen molar-refractivity contribution >= 4 is 34.1 Å². The van der Waals surface area contributed by atoms with Gasteiger partial charge in [0.1, 0.15) is 0 Å². The summed E-state index contributed by atoms with van der Waals surface area (Å²) >= 11 is 3.19. The maximum absolute atomic E-state index is 12.3. The SMILES string of the molecule is Cc1ccccc1C(=O)Nc1nc(CSc2ccccc2)cs1. The number of carbonyl (C=O) groups excluding carboxylic acids is 1. The first kappa shape index (κ1) is 15.8. The number of hydrogen-bond acceptors (Lipinski definition) is 4. The van der Waals surface area contributed by atoms with Crippen molar-refractivity contribution in [2.45, 2.75) is 17.6 Å². The van der Waals surface area contributed by atoms with Crippen molar-refractivity contribution in [3.05, 3.63) is 76.8 Å². The lowest BCUT2D eigenvalue weighted by Crippen LogP contribution is -2.13. The van der Waals surface area contributed by atoms with Crippen LogP contribution < -0.4 is 5.32 Å². The normalized spacial score (nSPS) is 10.5. The van der Waals surface area contributed by atoms with Crippen LogP contribution in [0.2, 0.25) is 0 Å². The summed E-state index contributed by atoms with van der Waals surface area (Å²) in [6, 6.07) is 17.8. The van der Waals surface area contributed by atoms with Crippen LogP contribution in [0.4, 0.5) is 5.13 Å². The summed E-state index contributed by atoms with van der Waals surface area (Å²) in [5.74, 6) is 0.681. The van der Waals surface area contributed by atoms with Gasteiger partial charge in [0.2, 0.25) is 0 Å². The Morgan fingerprint density at radius 1 is 1.13 bits per heavy atom. The molecular formula is C18H16N2OS2. The molecule has 1 N–H and O–H groups in total. The molecule has 1 heterocycles. The molecule has 0 aliphatic carbocycles. The summed E-state index contributed by atoms with van der Waals surface area (Å²) in [6.45, 7) is 1.93. The molecule has 3 aromatic rings. The topological polar surface area (TPSA) is 42.0 Å². The second kappa shape index (κ2) is 7.44. The minimum atomic E-state index is -0.111. The van der Waals surface area contributed by atoms with E-state index in [0.717, 1.165) is 17.0 Å². The number of nitrogens with one attached hydrogen (secondary N) is 1. The van der Waals surface area contributed by atoms with E-state index >= 15 is 0 Å². The van der Waals surface area contributed by atoms with Gasteiger partial charge < -0.3 is 0 Å². The van der Waals surface area contributed by atoms with Gasteiger partial charge in [-0.3, -0.25) is 10.1 Å². The van der Waals surface area contributed by atoms with Crippen LogP contribution in [-0.4, -0.2) is 10.9 Å². The van der Waals surface area contributed by atoms with E-state index in [9.17, 15) is 4.79 Å². The van der Waals surface area contributed by atoms with Crippen molar-refractivity contribution < 1.29 is 4.79 Å². The van der Waals surface area contributed by atoms with Crippen LogP contribution in [0.15, 0.2) is 64.9 Å². The number of thiazole rings is 1. The summed E-state index contributed by atoms with van der Waals surface area (Å²) in [4.78, 5) is 18.0.